The number of nitrogens with two attached hydrogens (primary N) is 1. The highest BCUT2D eigenvalue weighted by Crippen LogP contribution is 2.26. The minimum absolute atomic E-state index is 0.294. The Hall–Kier alpha value is -1.00. The van der Waals surface area contributed by atoms with Crippen LogP contribution < -0.4 is 5.73 Å². The Kier molecular flexibility index (Phi) is 4.30. The molecule has 2 unspecified atom stereocenters. The van der Waals surface area contributed by atoms with Gasteiger partial charge < -0.3 is 10.6 Å². The summed E-state index contributed by atoms with van der Waals surface area (Å²) in [7, 11) is 2.17. The monoisotopic (exact) mass is 248 g/mol. The van der Waals surface area contributed by atoms with Crippen LogP contribution in [0.25, 0.3) is 0 Å². The van der Waals surface area contributed by atoms with Crippen LogP contribution in [0.2, 0.25) is 0 Å². The van der Waals surface area contributed by atoms with Gasteiger partial charge in [-0.2, -0.15) is 0 Å². The van der Waals surface area contributed by atoms with Gasteiger partial charge in [-0.15, -0.1) is 0 Å². The number of likely N-dealkylation sites (tertiary alicyclic amines) is 1. The Morgan fingerprint density at radius 2 is 2.28 bits per heavy atom. The summed E-state index contributed by atoms with van der Waals surface area (Å²) in [6.45, 7) is 7.10. The predicted octanol–water partition coefficient (Wildman–Crippen LogP) is 1.66. The number of hydrogen-bond acceptors (Lipinski definition) is 4. The molecule has 0 radical (unpaired) electrons. The van der Waals surface area contributed by atoms with E-state index < -0.39 is 0 Å². The molecule has 2 rings (SSSR count). The van der Waals surface area contributed by atoms with Crippen molar-refractivity contribution < 1.29 is 0 Å². The second kappa shape index (κ2) is 5.76. The van der Waals surface area contributed by atoms with Crippen LogP contribution in [0.5, 0.6) is 0 Å². The highest BCUT2D eigenvalue weighted by Gasteiger charge is 2.23. The van der Waals surface area contributed by atoms with Gasteiger partial charge in [0.25, 0.3) is 0 Å². The molecule has 1 fully saturated rings. The van der Waals surface area contributed by atoms with Crippen molar-refractivity contribution in [1.82, 2.24) is 14.9 Å². The van der Waals surface area contributed by atoms with Gasteiger partial charge in [-0.1, -0.05) is 6.92 Å². The van der Waals surface area contributed by atoms with Crippen molar-refractivity contribution in [3.05, 3.63) is 23.3 Å². The smallest absolute Gasteiger partial charge is 0.133 e. The maximum Gasteiger partial charge on any atom is 0.133 e. The van der Waals surface area contributed by atoms with Crippen LogP contribution >= 0.6 is 0 Å². The summed E-state index contributed by atoms with van der Waals surface area (Å²) in [6, 6.07) is 2.14. The van der Waals surface area contributed by atoms with E-state index in [-0.39, 0.29) is 0 Å². The van der Waals surface area contributed by atoms with Gasteiger partial charge in [0.05, 0.1) is 0 Å². The van der Waals surface area contributed by atoms with E-state index in [0.717, 1.165) is 31.0 Å². The van der Waals surface area contributed by atoms with E-state index in [1.54, 1.807) is 0 Å². The van der Waals surface area contributed by atoms with E-state index in [0.29, 0.717) is 18.4 Å². The lowest BCUT2D eigenvalue weighted by Gasteiger charge is -2.16. The Labute approximate surface area is 110 Å². The fourth-order valence-electron chi connectivity index (χ4n) is 2.64. The molecule has 0 aromatic carbocycles. The molecule has 100 valence electrons. The van der Waals surface area contributed by atoms with Gasteiger partial charge in [0.1, 0.15) is 5.82 Å². The van der Waals surface area contributed by atoms with Gasteiger partial charge in [-0.3, -0.25) is 0 Å². The van der Waals surface area contributed by atoms with Gasteiger partial charge in [0.2, 0.25) is 0 Å². The molecule has 0 aliphatic carbocycles. The van der Waals surface area contributed by atoms with Crippen LogP contribution in [-0.2, 0) is 0 Å². The molecule has 1 aromatic heterocycles. The van der Waals surface area contributed by atoms with Gasteiger partial charge >= 0.3 is 0 Å². The third kappa shape index (κ3) is 2.87. The van der Waals surface area contributed by atoms with Crippen LogP contribution in [0.4, 0.5) is 0 Å². The van der Waals surface area contributed by atoms with Crippen LogP contribution in [0.1, 0.15) is 48.8 Å². The van der Waals surface area contributed by atoms with Crippen LogP contribution in [-0.4, -0.2) is 41.5 Å². The normalized spacial score (nSPS) is 22.3. The lowest BCUT2D eigenvalue weighted by atomic mass is 10.0. The zero-order valence-corrected chi connectivity index (χ0v) is 11.7. The highest BCUT2D eigenvalue weighted by molar-refractivity contribution is 5.17. The second-order valence-electron chi connectivity index (χ2n) is 5.38. The standard InChI is InChI=1S/C14H24N4/c1-4-11(8-15)14-16-10(2)7-13(17-14)12-5-6-18(3)9-12/h7,11-12H,4-6,8-9,15H2,1-3H3. The Balaban J connectivity index is 2.26. The van der Waals surface area contributed by atoms with Crippen molar-refractivity contribution in [2.45, 2.75) is 38.5 Å². The van der Waals surface area contributed by atoms with Crippen LogP contribution in [0.3, 0.4) is 0 Å². The summed E-state index contributed by atoms with van der Waals surface area (Å²) >= 11 is 0. The summed E-state index contributed by atoms with van der Waals surface area (Å²) < 4.78 is 0. The average Bonchev–Trinajstić information content (AvgIpc) is 2.77. The molecule has 4 nitrogen and oxygen atoms in total. The maximum absolute atomic E-state index is 5.80. The third-order valence-corrected chi connectivity index (χ3v) is 3.84. The minimum atomic E-state index is 0.294. The Morgan fingerprint density at radius 3 is 2.83 bits per heavy atom. The molecule has 1 saturated heterocycles. The topological polar surface area (TPSA) is 55.0 Å². The third-order valence-electron chi connectivity index (χ3n) is 3.84. The lowest BCUT2D eigenvalue weighted by molar-refractivity contribution is 0.410. The number of rotatable bonds is 4. The first-order valence-corrected chi connectivity index (χ1v) is 6.88. The second-order valence-corrected chi connectivity index (χ2v) is 5.38. The van der Waals surface area contributed by atoms with Crippen molar-refractivity contribution >= 4 is 0 Å². The molecule has 1 aliphatic heterocycles. The molecule has 2 atom stereocenters. The highest BCUT2D eigenvalue weighted by atomic mass is 15.1. The molecule has 2 heterocycles. The zero-order chi connectivity index (χ0) is 13.1. The number of likely N-dealkylation sites (N-methyl/N-ethyl adjacent to an activating group) is 1. The lowest BCUT2D eigenvalue weighted by Crippen LogP contribution is -2.18. The number of aryl methyl sites for hydroxylation is 1. The number of aromatic nitrogens is 2. The largest absolute Gasteiger partial charge is 0.330 e. The summed E-state index contributed by atoms with van der Waals surface area (Å²) in [6.07, 6.45) is 2.20. The first-order valence-electron chi connectivity index (χ1n) is 6.88. The molecule has 1 aliphatic rings. The number of nitrogens with zero attached hydrogens (tertiary/aromatic N) is 3. The molecular weight excluding hydrogens is 224 g/mol. The predicted molar refractivity (Wildman–Crippen MR) is 73.7 cm³/mol. The molecular formula is C14H24N4. The van der Waals surface area contributed by atoms with Gasteiger partial charge in [-0.05, 0) is 39.4 Å². The first kappa shape index (κ1) is 13.4. The molecule has 0 bridgehead atoms. The SMILES string of the molecule is CCC(CN)c1nc(C)cc(C2CCN(C)C2)n1. The van der Waals surface area contributed by atoms with E-state index in [2.05, 4.69) is 36.8 Å². The molecule has 1 aromatic rings. The molecule has 18 heavy (non-hydrogen) atoms. The molecule has 0 spiro atoms. The average molecular weight is 248 g/mol. The molecule has 0 saturated carbocycles. The van der Waals surface area contributed by atoms with Crippen molar-refractivity contribution in [2.24, 2.45) is 5.73 Å². The Bertz CT molecular complexity index is 401. The van der Waals surface area contributed by atoms with E-state index >= 15 is 0 Å². The van der Waals surface area contributed by atoms with Gasteiger partial charge in [0, 0.05) is 36.3 Å². The minimum Gasteiger partial charge on any atom is -0.330 e. The Morgan fingerprint density at radius 1 is 1.50 bits per heavy atom. The van der Waals surface area contributed by atoms with Gasteiger partial charge in [-0.25, -0.2) is 9.97 Å². The summed E-state index contributed by atoms with van der Waals surface area (Å²) in [4.78, 5) is 11.7. The van der Waals surface area contributed by atoms with Crippen molar-refractivity contribution in [3.63, 3.8) is 0 Å². The summed E-state index contributed by atoms with van der Waals surface area (Å²) in [5.41, 5.74) is 8.07. The fourth-order valence-corrected chi connectivity index (χ4v) is 2.64. The summed E-state index contributed by atoms with van der Waals surface area (Å²) in [5, 5.41) is 0. The first-order chi connectivity index (χ1) is 8.63. The van der Waals surface area contributed by atoms with Crippen molar-refractivity contribution in [1.29, 1.82) is 0 Å². The maximum atomic E-state index is 5.80. The van der Waals surface area contributed by atoms with Crippen LogP contribution in [0, 0.1) is 6.92 Å². The zero-order valence-electron chi connectivity index (χ0n) is 11.7. The van der Waals surface area contributed by atoms with Crippen LogP contribution in [0.15, 0.2) is 6.07 Å². The van der Waals surface area contributed by atoms with E-state index in [9.17, 15) is 0 Å². The fraction of sp³-hybridized carbons (Fsp3) is 0.714. The molecule has 4 heteroatoms. The van der Waals surface area contributed by atoms with Gasteiger partial charge in [0.15, 0.2) is 0 Å². The van der Waals surface area contributed by atoms with E-state index in [4.69, 9.17) is 10.7 Å². The molecule has 0 amide bonds. The quantitative estimate of drug-likeness (QED) is 0.880. The van der Waals surface area contributed by atoms with E-state index in [1.807, 2.05) is 0 Å². The number of hydrogen-bond donors (Lipinski definition) is 1. The van der Waals surface area contributed by atoms with Crippen molar-refractivity contribution in [2.75, 3.05) is 26.7 Å². The van der Waals surface area contributed by atoms with E-state index in [1.165, 1.54) is 12.1 Å². The summed E-state index contributed by atoms with van der Waals surface area (Å²) in [5.74, 6) is 1.79. The van der Waals surface area contributed by atoms with Crippen molar-refractivity contribution in [3.8, 4) is 0 Å². The molecule has 2 N–H and O–H groups in total.